The number of benzene rings is 1. The molecule has 4 heteroatoms. The monoisotopic (exact) mass is 257 g/mol. The topological polar surface area (TPSA) is 48.1 Å². The first kappa shape index (κ1) is 12.2. The van der Waals surface area contributed by atoms with Crippen LogP contribution in [0.15, 0.2) is 24.3 Å². The van der Waals surface area contributed by atoms with Crippen LogP contribution in [0, 0.1) is 12.8 Å². The summed E-state index contributed by atoms with van der Waals surface area (Å²) in [5.41, 5.74) is 3.13. The summed E-state index contributed by atoms with van der Waals surface area (Å²) in [6.45, 7) is 3.76. The fourth-order valence-corrected chi connectivity index (χ4v) is 2.94. The molecule has 4 nitrogen and oxygen atoms in total. The van der Waals surface area contributed by atoms with Crippen LogP contribution in [-0.4, -0.2) is 31.0 Å². The number of para-hydroxylation sites is 1. The highest BCUT2D eigenvalue weighted by Gasteiger charge is 2.27. The van der Waals surface area contributed by atoms with Gasteiger partial charge in [-0.05, 0) is 26.0 Å². The minimum absolute atomic E-state index is 0.109. The molecule has 0 saturated carbocycles. The predicted octanol–water partition coefficient (Wildman–Crippen LogP) is 2.05. The maximum Gasteiger partial charge on any atom is 0.231 e. The van der Waals surface area contributed by atoms with E-state index >= 15 is 0 Å². The van der Waals surface area contributed by atoms with Crippen molar-refractivity contribution < 1.29 is 4.79 Å². The molecule has 2 aromatic rings. The van der Waals surface area contributed by atoms with Crippen LogP contribution in [0.5, 0.6) is 0 Å². The number of fused-ring (bicyclic) bond motifs is 1. The minimum atomic E-state index is 0.109. The summed E-state index contributed by atoms with van der Waals surface area (Å²) in [7, 11) is 1.88. The number of carbonyl (C=O) groups excluding carboxylic acids is 1. The van der Waals surface area contributed by atoms with Gasteiger partial charge < -0.3 is 15.2 Å². The van der Waals surface area contributed by atoms with E-state index in [1.807, 2.05) is 37.1 Å². The number of aromatic nitrogens is 1. The maximum atomic E-state index is 12.5. The van der Waals surface area contributed by atoms with E-state index < -0.39 is 0 Å². The highest BCUT2D eigenvalue weighted by atomic mass is 16.2. The van der Waals surface area contributed by atoms with Crippen molar-refractivity contribution in [2.75, 3.05) is 25.0 Å². The third-order valence-electron chi connectivity index (χ3n) is 3.94. The highest BCUT2D eigenvalue weighted by molar-refractivity contribution is 6.05. The molecule has 1 saturated heterocycles. The van der Waals surface area contributed by atoms with Crippen molar-refractivity contribution >= 4 is 22.5 Å². The summed E-state index contributed by atoms with van der Waals surface area (Å²) in [6.07, 6.45) is 0.935. The van der Waals surface area contributed by atoms with Gasteiger partial charge >= 0.3 is 0 Å². The first-order valence-corrected chi connectivity index (χ1v) is 6.74. The zero-order valence-corrected chi connectivity index (χ0v) is 11.4. The van der Waals surface area contributed by atoms with Crippen molar-refractivity contribution in [1.29, 1.82) is 0 Å². The number of aryl methyl sites for hydroxylation is 1. The van der Waals surface area contributed by atoms with Gasteiger partial charge in [0.2, 0.25) is 5.91 Å². The van der Waals surface area contributed by atoms with E-state index in [0.717, 1.165) is 41.8 Å². The summed E-state index contributed by atoms with van der Waals surface area (Å²) in [6, 6.07) is 8.12. The van der Waals surface area contributed by atoms with Gasteiger partial charge in [0.15, 0.2) is 0 Å². The van der Waals surface area contributed by atoms with E-state index in [2.05, 4.69) is 16.4 Å². The van der Waals surface area contributed by atoms with Gasteiger partial charge in [-0.3, -0.25) is 4.79 Å². The smallest absolute Gasteiger partial charge is 0.231 e. The molecule has 0 aliphatic carbocycles. The van der Waals surface area contributed by atoms with Gasteiger partial charge in [0.25, 0.3) is 0 Å². The van der Waals surface area contributed by atoms with E-state index in [1.165, 1.54) is 0 Å². The van der Waals surface area contributed by atoms with Crippen LogP contribution in [0.2, 0.25) is 0 Å². The second-order valence-corrected chi connectivity index (χ2v) is 5.23. The Morgan fingerprint density at radius 3 is 2.89 bits per heavy atom. The Morgan fingerprint density at radius 1 is 1.37 bits per heavy atom. The first-order valence-electron chi connectivity index (χ1n) is 6.74. The average molecular weight is 257 g/mol. The van der Waals surface area contributed by atoms with Gasteiger partial charge in [-0.2, -0.15) is 0 Å². The lowest BCUT2D eigenvalue weighted by Gasteiger charge is -2.21. The molecule has 3 rings (SSSR count). The lowest BCUT2D eigenvalue weighted by atomic mass is 10.1. The molecule has 1 aliphatic rings. The van der Waals surface area contributed by atoms with Crippen molar-refractivity contribution in [2.45, 2.75) is 13.3 Å². The number of aromatic amines is 1. The number of anilines is 1. The quantitative estimate of drug-likeness (QED) is 0.865. The molecule has 100 valence electrons. The van der Waals surface area contributed by atoms with E-state index in [1.54, 1.807) is 0 Å². The van der Waals surface area contributed by atoms with Gasteiger partial charge in [0.05, 0.1) is 11.6 Å². The van der Waals surface area contributed by atoms with Crippen molar-refractivity contribution in [3.63, 3.8) is 0 Å². The molecule has 0 spiro atoms. The Labute approximate surface area is 112 Å². The Bertz CT molecular complexity index is 611. The molecular formula is C15H19N3O. The number of H-pyrrole nitrogens is 1. The van der Waals surface area contributed by atoms with Crippen LogP contribution in [0.25, 0.3) is 10.9 Å². The molecular weight excluding hydrogens is 238 g/mol. The predicted molar refractivity (Wildman–Crippen MR) is 77.4 cm³/mol. The molecule has 1 atom stereocenters. The number of amides is 1. The molecule has 2 heterocycles. The zero-order valence-electron chi connectivity index (χ0n) is 11.4. The van der Waals surface area contributed by atoms with Gasteiger partial charge in [0.1, 0.15) is 0 Å². The summed E-state index contributed by atoms with van der Waals surface area (Å²) in [5, 5.41) is 4.36. The highest BCUT2D eigenvalue weighted by Crippen LogP contribution is 2.31. The van der Waals surface area contributed by atoms with Crippen LogP contribution in [0.3, 0.4) is 0 Å². The second-order valence-electron chi connectivity index (χ2n) is 5.23. The second kappa shape index (κ2) is 4.70. The SMILES string of the molecule is Cc1[nH]c2ccccc2c1N(C)C(=O)C1CCNC1. The minimum Gasteiger partial charge on any atom is -0.357 e. The summed E-state index contributed by atoms with van der Waals surface area (Å²) in [4.78, 5) is 17.7. The normalized spacial score (nSPS) is 18.9. The zero-order chi connectivity index (χ0) is 13.4. The third kappa shape index (κ3) is 2.02. The molecule has 2 N–H and O–H groups in total. The van der Waals surface area contributed by atoms with E-state index in [-0.39, 0.29) is 11.8 Å². The van der Waals surface area contributed by atoms with Crippen LogP contribution in [-0.2, 0) is 4.79 Å². The number of hydrogen-bond donors (Lipinski definition) is 2. The third-order valence-corrected chi connectivity index (χ3v) is 3.94. The Balaban J connectivity index is 1.98. The fraction of sp³-hybridized carbons (Fsp3) is 0.400. The van der Waals surface area contributed by atoms with Gasteiger partial charge in [0, 0.05) is 30.2 Å². The summed E-state index contributed by atoms with van der Waals surface area (Å²) in [5.74, 6) is 0.316. The number of carbonyl (C=O) groups is 1. The molecule has 1 amide bonds. The van der Waals surface area contributed by atoms with Gasteiger partial charge in [-0.15, -0.1) is 0 Å². The summed E-state index contributed by atoms with van der Waals surface area (Å²) >= 11 is 0. The lowest BCUT2D eigenvalue weighted by molar-refractivity contribution is -0.121. The molecule has 0 radical (unpaired) electrons. The standard InChI is InChI=1S/C15H19N3O/c1-10-14(12-5-3-4-6-13(12)17-10)18(2)15(19)11-7-8-16-9-11/h3-6,11,16-17H,7-9H2,1-2H3. The molecule has 1 aliphatic heterocycles. The maximum absolute atomic E-state index is 12.5. The Kier molecular flexibility index (Phi) is 3.03. The van der Waals surface area contributed by atoms with Crippen LogP contribution < -0.4 is 10.2 Å². The molecule has 19 heavy (non-hydrogen) atoms. The van der Waals surface area contributed by atoms with Crippen LogP contribution in [0.4, 0.5) is 5.69 Å². The molecule has 1 aromatic carbocycles. The molecule has 0 bridgehead atoms. The van der Waals surface area contributed by atoms with Crippen molar-refractivity contribution in [3.05, 3.63) is 30.0 Å². The van der Waals surface area contributed by atoms with Gasteiger partial charge in [-0.1, -0.05) is 18.2 Å². The van der Waals surface area contributed by atoms with E-state index in [0.29, 0.717) is 0 Å². The van der Waals surface area contributed by atoms with Crippen LogP contribution >= 0.6 is 0 Å². The number of hydrogen-bond acceptors (Lipinski definition) is 2. The molecule has 1 unspecified atom stereocenters. The largest absolute Gasteiger partial charge is 0.357 e. The molecule has 1 aromatic heterocycles. The Hall–Kier alpha value is -1.81. The van der Waals surface area contributed by atoms with E-state index in [4.69, 9.17) is 0 Å². The van der Waals surface area contributed by atoms with Crippen LogP contribution in [0.1, 0.15) is 12.1 Å². The number of nitrogens with one attached hydrogen (secondary N) is 2. The fourth-order valence-electron chi connectivity index (χ4n) is 2.94. The van der Waals surface area contributed by atoms with E-state index in [9.17, 15) is 4.79 Å². The Morgan fingerprint density at radius 2 is 2.16 bits per heavy atom. The van der Waals surface area contributed by atoms with Crippen molar-refractivity contribution in [2.24, 2.45) is 5.92 Å². The molecule has 1 fully saturated rings. The van der Waals surface area contributed by atoms with Gasteiger partial charge in [-0.25, -0.2) is 0 Å². The van der Waals surface area contributed by atoms with Crippen molar-refractivity contribution in [3.8, 4) is 0 Å². The number of rotatable bonds is 2. The lowest BCUT2D eigenvalue weighted by Crippen LogP contribution is -2.34. The average Bonchev–Trinajstić information content (AvgIpc) is 3.03. The van der Waals surface area contributed by atoms with Crippen molar-refractivity contribution in [1.82, 2.24) is 10.3 Å². The first-order chi connectivity index (χ1) is 9.18. The number of nitrogens with zero attached hydrogens (tertiary/aromatic N) is 1. The summed E-state index contributed by atoms with van der Waals surface area (Å²) < 4.78 is 0.